The quantitative estimate of drug-likeness (QED) is 0.765. The van der Waals surface area contributed by atoms with Crippen molar-refractivity contribution in [3.05, 3.63) is 11.6 Å². The van der Waals surface area contributed by atoms with E-state index in [9.17, 15) is 0 Å². The van der Waals surface area contributed by atoms with Gasteiger partial charge in [0.15, 0.2) is 0 Å². The average molecular weight is 291 g/mol. The van der Waals surface area contributed by atoms with E-state index in [0.717, 1.165) is 12.5 Å². The van der Waals surface area contributed by atoms with Crippen LogP contribution in [0.1, 0.15) is 77.0 Å². The molecule has 2 fully saturated rings. The summed E-state index contributed by atoms with van der Waals surface area (Å²) < 4.78 is 6.28. The van der Waals surface area contributed by atoms with Gasteiger partial charge in [-0.25, -0.2) is 0 Å². The predicted molar refractivity (Wildman–Crippen MR) is 88.5 cm³/mol. The maximum absolute atomic E-state index is 6.28. The first kappa shape index (κ1) is 15.6. The summed E-state index contributed by atoms with van der Waals surface area (Å²) in [6.07, 6.45) is 18.6. The average Bonchev–Trinajstić information content (AvgIpc) is 2.54. The molecule has 0 aromatic carbocycles. The largest absolute Gasteiger partial charge is 0.375 e. The van der Waals surface area contributed by atoms with Gasteiger partial charge >= 0.3 is 0 Å². The van der Waals surface area contributed by atoms with E-state index >= 15 is 0 Å². The molecule has 1 spiro atoms. The minimum Gasteiger partial charge on any atom is -0.375 e. The molecule has 2 heteroatoms. The zero-order valence-corrected chi connectivity index (χ0v) is 13.8. The lowest BCUT2D eigenvalue weighted by atomic mass is 9.73. The Morgan fingerprint density at radius 1 is 1.24 bits per heavy atom. The van der Waals surface area contributed by atoms with Crippen molar-refractivity contribution in [2.75, 3.05) is 13.7 Å². The number of rotatable bonds is 4. The number of allylic oxidation sites excluding steroid dienone is 1. The third-order valence-corrected chi connectivity index (χ3v) is 6.10. The van der Waals surface area contributed by atoms with E-state index in [4.69, 9.17) is 4.74 Å². The lowest BCUT2D eigenvalue weighted by Gasteiger charge is -2.45. The Morgan fingerprint density at radius 3 is 2.81 bits per heavy atom. The number of ether oxygens (including phenoxy) is 1. The summed E-state index contributed by atoms with van der Waals surface area (Å²) in [6.45, 7) is 0.988. The van der Waals surface area contributed by atoms with E-state index in [1.807, 2.05) is 0 Å². The fourth-order valence-electron chi connectivity index (χ4n) is 4.83. The molecule has 3 aliphatic rings. The van der Waals surface area contributed by atoms with E-state index in [2.05, 4.69) is 18.4 Å². The highest BCUT2D eigenvalue weighted by atomic mass is 16.5. The molecule has 2 atom stereocenters. The van der Waals surface area contributed by atoms with Crippen molar-refractivity contribution >= 4 is 0 Å². The van der Waals surface area contributed by atoms with Gasteiger partial charge in [0, 0.05) is 12.6 Å². The molecule has 0 bridgehead atoms. The number of nitrogens with one attached hydrogen (secondary N) is 1. The van der Waals surface area contributed by atoms with Crippen molar-refractivity contribution in [2.24, 2.45) is 5.92 Å². The molecule has 0 radical (unpaired) electrons. The minimum atomic E-state index is 0.247. The molecule has 120 valence electrons. The van der Waals surface area contributed by atoms with E-state index in [1.54, 1.807) is 5.57 Å². The highest BCUT2D eigenvalue weighted by Crippen LogP contribution is 2.42. The fourth-order valence-corrected chi connectivity index (χ4v) is 4.83. The molecule has 1 N–H and O–H groups in total. The summed E-state index contributed by atoms with van der Waals surface area (Å²) in [4.78, 5) is 0. The molecular weight excluding hydrogens is 258 g/mol. The van der Waals surface area contributed by atoms with Crippen molar-refractivity contribution < 1.29 is 4.74 Å². The molecule has 1 aliphatic heterocycles. The van der Waals surface area contributed by atoms with E-state index < -0.39 is 0 Å². The van der Waals surface area contributed by atoms with Crippen molar-refractivity contribution in [2.45, 2.75) is 88.7 Å². The van der Waals surface area contributed by atoms with E-state index in [-0.39, 0.29) is 5.60 Å². The third-order valence-electron chi connectivity index (χ3n) is 6.10. The maximum Gasteiger partial charge on any atom is 0.0685 e. The molecule has 1 saturated heterocycles. The second-order valence-electron chi connectivity index (χ2n) is 7.55. The fraction of sp³-hybridized carbons (Fsp3) is 0.895. The Kier molecular flexibility index (Phi) is 5.39. The van der Waals surface area contributed by atoms with E-state index in [1.165, 1.54) is 77.0 Å². The van der Waals surface area contributed by atoms with Crippen LogP contribution in [0, 0.1) is 5.92 Å². The Labute approximate surface area is 130 Å². The normalized spacial score (nSPS) is 30.9. The predicted octanol–water partition coefficient (Wildman–Crippen LogP) is 4.59. The van der Waals surface area contributed by atoms with E-state index in [0.29, 0.717) is 6.04 Å². The Balaban J connectivity index is 1.61. The molecule has 0 aromatic heterocycles. The molecule has 2 unspecified atom stereocenters. The van der Waals surface area contributed by atoms with Crippen molar-refractivity contribution in [1.82, 2.24) is 5.32 Å². The summed E-state index contributed by atoms with van der Waals surface area (Å²) in [7, 11) is 2.16. The molecule has 1 heterocycles. The molecular formula is C19H33NO. The van der Waals surface area contributed by atoms with Crippen LogP contribution >= 0.6 is 0 Å². The second kappa shape index (κ2) is 7.28. The zero-order valence-electron chi connectivity index (χ0n) is 13.8. The lowest BCUT2D eigenvalue weighted by molar-refractivity contribution is -0.121. The van der Waals surface area contributed by atoms with Gasteiger partial charge in [0.1, 0.15) is 0 Å². The molecule has 21 heavy (non-hydrogen) atoms. The van der Waals surface area contributed by atoms with Crippen LogP contribution in [-0.2, 0) is 4.74 Å². The van der Waals surface area contributed by atoms with Gasteiger partial charge in [-0.15, -0.1) is 0 Å². The van der Waals surface area contributed by atoms with Crippen LogP contribution in [-0.4, -0.2) is 25.3 Å². The van der Waals surface area contributed by atoms with Gasteiger partial charge in [0.2, 0.25) is 0 Å². The first-order valence-electron chi connectivity index (χ1n) is 9.30. The highest BCUT2D eigenvalue weighted by molar-refractivity contribution is 5.08. The third kappa shape index (κ3) is 3.90. The lowest BCUT2D eigenvalue weighted by Crippen LogP contribution is -2.47. The van der Waals surface area contributed by atoms with Crippen LogP contribution in [0.3, 0.4) is 0 Å². The van der Waals surface area contributed by atoms with Crippen LogP contribution in [0.15, 0.2) is 11.6 Å². The Hall–Kier alpha value is -0.340. The van der Waals surface area contributed by atoms with Crippen molar-refractivity contribution in [3.8, 4) is 0 Å². The topological polar surface area (TPSA) is 21.3 Å². The highest BCUT2D eigenvalue weighted by Gasteiger charge is 2.40. The van der Waals surface area contributed by atoms with Crippen LogP contribution < -0.4 is 5.32 Å². The number of hydrogen-bond donors (Lipinski definition) is 1. The molecule has 0 amide bonds. The van der Waals surface area contributed by atoms with Gasteiger partial charge in [0.25, 0.3) is 0 Å². The van der Waals surface area contributed by atoms with Crippen LogP contribution in [0.25, 0.3) is 0 Å². The molecule has 1 saturated carbocycles. The van der Waals surface area contributed by atoms with Gasteiger partial charge in [-0.1, -0.05) is 30.9 Å². The van der Waals surface area contributed by atoms with Gasteiger partial charge in [-0.3, -0.25) is 0 Å². The minimum absolute atomic E-state index is 0.247. The smallest absolute Gasteiger partial charge is 0.0685 e. The molecule has 2 aliphatic carbocycles. The first-order valence-corrected chi connectivity index (χ1v) is 9.30. The Morgan fingerprint density at radius 2 is 2.10 bits per heavy atom. The van der Waals surface area contributed by atoms with Crippen molar-refractivity contribution in [3.63, 3.8) is 0 Å². The summed E-state index contributed by atoms with van der Waals surface area (Å²) in [5.74, 6) is 0.810. The van der Waals surface area contributed by atoms with Crippen molar-refractivity contribution in [1.29, 1.82) is 0 Å². The van der Waals surface area contributed by atoms with Crippen LogP contribution in [0.4, 0.5) is 0 Å². The Bertz CT molecular complexity index is 351. The van der Waals surface area contributed by atoms with Gasteiger partial charge in [-0.2, -0.15) is 0 Å². The standard InChI is InChI=1S/C19H33NO/c1-20-18(14-16-8-4-2-5-9-16)17-10-13-21-19(15-17)11-6-3-7-12-19/h8,17-18,20H,2-7,9-15H2,1H3. The van der Waals surface area contributed by atoms with Crippen LogP contribution in [0.5, 0.6) is 0 Å². The van der Waals surface area contributed by atoms with Gasteiger partial charge in [0.05, 0.1) is 5.60 Å². The molecule has 0 aromatic rings. The number of hydrogen-bond acceptors (Lipinski definition) is 2. The molecule has 2 nitrogen and oxygen atoms in total. The summed E-state index contributed by atoms with van der Waals surface area (Å²) >= 11 is 0. The van der Waals surface area contributed by atoms with Gasteiger partial charge < -0.3 is 10.1 Å². The summed E-state index contributed by atoms with van der Waals surface area (Å²) in [5.41, 5.74) is 1.96. The zero-order chi connectivity index (χ0) is 14.5. The monoisotopic (exact) mass is 291 g/mol. The SMILES string of the molecule is CNC(CC1=CCCCC1)C1CCOC2(CCCCC2)C1. The van der Waals surface area contributed by atoms with Crippen LogP contribution in [0.2, 0.25) is 0 Å². The maximum atomic E-state index is 6.28. The first-order chi connectivity index (χ1) is 10.3. The second-order valence-corrected chi connectivity index (χ2v) is 7.55. The molecule has 3 rings (SSSR count). The van der Waals surface area contributed by atoms with Gasteiger partial charge in [-0.05, 0) is 70.8 Å². The summed E-state index contributed by atoms with van der Waals surface area (Å²) in [6, 6.07) is 0.664. The summed E-state index contributed by atoms with van der Waals surface area (Å²) in [5, 5.41) is 3.64.